The molecule has 19 heavy (non-hydrogen) atoms. The predicted molar refractivity (Wildman–Crippen MR) is 83.1 cm³/mol. The molecule has 0 saturated heterocycles. The number of aromatic nitrogens is 2. The van der Waals surface area contributed by atoms with Gasteiger partial charge in [-0.05, 0) is 53.6 Å². The fourth-order valence-corrected chi connectivity index (χ4v) is 3.70. The summed E-state index contributed by atoms with van der Waals surface area (Å²) in [4.78, 5) is 0. The van der Waals surface area contributed by atoms with Crippen molar-refractivity contribution in [1.29, 1.82) is 0 Å². The summed E-state index contributed by atoms with van der Waals surface area (Å²) in [6, 6.07) is 0. The summed E-state index contributed by atoms with van der Waals surface area (Å²) in [6.45, 7) is 6.58. The second kappa shape index (κ2) is 6.89. The van der Waals surface area contributed by atoms with E-state index in [2.05, 4.69) is 40.2 Å². The third kappa shape index (κ3) is 3.82. The van der Waals surface area contributed by atoms with Crippen LogP contribution in [0.4, 0.5) is 0 Å². The number of aryl methyl sites for hydroxylation is 2. The Kier molecular flexibility index (Phi) is 5.46. The van der Waals surface area contributed by atoms with Crippen molar-refractivity contribution in [2.75, 3.05) is 6.54 Å². The van der Waals surface area contributed by atoms with Crippen LogP contribution in [0.15, 0.2) is 4.47 Å². The molecule has 0 aliphatic heterocycles. The Morgan fingerprint density at radius 3 is 2.58 bits per heavy atom. The highest BCUT2D eigenvalue weighted by atomic mass is 79.9. The van der Waals surface area contributed by atoms with Gasteiger partial charge in [-0.25, -0.2) is 0 Å². The molecule has 1 fully saturated rings. The number of hydrogen-bond donors (Lipinski definition) is 1. The maximum Gasteiger partial charge on any atom is 0.0767 e. The Morgan fingerprint density at radius 1 is 1.32 bits per heavy atom. The van der Waals surface area contributed by atoms with Crippen LogP contribution in [-0.4, -0.2) is 16.3 Å². The summed E-state index contributed by atoms with van der Waals surface area (Å²) in [6.07, 6.45) is 6.57. The first-order chi connectivity index (χ1) is 9.11. The number of nitrogens with one attached hydrogen (secondary N) is 1. The predicted octanol–water partition coefficient (Wildman–Crippen LogP) is 3.66. The van der Waals surface area contributed by atoms with E-state index in [-0.39, 0.29) is 0 Å². The second-order valence-corrected chi connectivity index (χ2v) is 6.73. The molecule has 0 atom stereocenters. The Labute approximate surface area is 125 Å². The molecule has 1 aromatic heterocycles. The zero-order valence-electron chi connectivity index (χ0n) is 12.4. The third-order valence-electron chi connectivity index (χ3n) is 4.36. The average molecular weight is 328 g/mol. The Bertz CT molecular complexity index is 406. The maximum absolute atomic E-state index is 4.53. The fraction of sp³-hybridized carbons (Fsp3) is 0.800. The van der Waals surface area contributed by atoms with Crippen molar-refractivity contribution in [1.82, 2.24) is 15.1 Å². The lowest BCUT2D eigenvalue weighted by Gasteiger charge is -2.26. The summed E-state index contributed by atoms with van der Waals surface area (Å²) in [5.41, 5.74) is 2.42. The van der Waals surface area contributed by atoms with E-state index in [0.29, 0.717) is 0 Å². The van der Waals surface area contributed by atoms with Crippen LogP contribution < -0.4 is 5.32 Å². The van der Waals surface area contributed by atoms with Crippen LogP contribution in [0.2, 0.25) is 0 Å². The number of nitrogens with zero attached hydrogens (tertiary/aromatic N) is 2. The summed E-state index contributed by atoms with van der Waals surface area (Å²) in [7, 11) is 2.03. The van der Waals surface area contributed by atoms with Crippen LogP contribution in [0.1, 0.15) is 50.9 Å². The molecule has 0 bridgehead atoms. The Hall–Kier alpha value is -0.350. The normalized spacial score (nSPS) is 23.8. The van der Waals surface area contributed by atoms with Gasteiger partial charge < -0.3 is 5.32 Å². The molecule has 0 aromatic carbocycles. The number of halogens is 1. The monoisotopic (exact) mass is 327 g/mol. The van der Waals surface area contributed by atoms with E-state index in [1.165, 1.54) is 35.8 Å². The first kappa shape index (κ1) is 15.0. The van der Waals surface area contributed by atoms with E-state index in [1.54, 1.807) is 0 Å². The van der Waals surface area contributed by atoms with Crippen LogP contribution in [0.5, 0.6) is 0 Å². The smallest absolute Gasteiger partial charge is 0.0767 e. The van der Waals surface area contributed by atoms with Crippen molar-refractivity contribution < 1.29 is 0 Å². The molecule has 1 heterocycles. The molecule has 108 valence electrons. The minimum atomic E-state index is 0.869. The Morgan fingerprint density at radius 2 is 2.00 bits per heavy atom. The highest BCUT2D eigenvalue weighted by molar-refractivity contribution is 9.10. The first-order valence-corrected chi connectivity index (χ1v) is 8.32. The van der Waals surface area contributed by atoms with Crippen molar-refractivity contribution >= 4 is 15.9 Å². The molecule has 2 rings (SSSR count). The molecule has 0 amide bonds. The molecule has 0 spiro atoms. The van der Waals surface area contributed by atoms with Crippen molar-refractivity contribution in [2.24, 2.45) is 18.9 Å². The minimum Gasteiger partial charge on any atom is -0.311 e. The van der Waals surface area contributed by atoms with Crippen molar-refractivity contribution in [3.8, 4) is 0 Å². The molecule has 0 unspecified atom stereocenters. The zero-order chi connectivity index (χ0) is 13.8. The molecular weight excluding hydrogens is 302 g/mol. The van der Waals surface area contributed by atoms with Gasteiger partial charge in [0.25, 0.3) is 0 Å². The van der Waals surface area contributed by atoms with Crippen molar-refractivity contribution in [3.05, 3.63) is 15.9 Å². The van der Waals surface area contributed by atoms with E-state index >= 15 is 0 Å². The molecule has 1 N–H and O–H groups in total. The van der Waals surface area contributed by atoms with Gasteiger partial charge in [-0.15, -0.1) is 0 Å². The van der Waals surface area contributed by atoms with Gasteiger partial charge in [0.15, 0.2) is 0 Å². The summed E-state index contributed by atoms with van der Waals surface area (Å²) in [5, 5.41) is 8.15. The van der Waals surface area contributed by atoms with Crippen LogP contribution in [0.25, 0.3) is 0 Å². The largest absolute Gasteiger partial charge is 0.311 e. The lowest BCUT2D eigenvalue weighted by Crippen LogP contribution is -2.26. The van der Waals surface area contributed by atoms with Crippen LogP contribution in [0.3, 0.4) is 0 Å². The minimum absolute atomic E-state index is 0.869. The van der Waals surface area contributed by atoms with E-state index < -0.39 is 0 Å². The fourth-order valence-electron chi connectivity index (χ4n) is 2.94. The van der Waals surface area contributed by atoms with Gasteiger partial charge in [-0.2, -0.15) is 5.10 Å². The second-order valence-electron chi connectivity index (χ2n) is 5.94. The highest BCUT2D eigenvalue weighted by Gasteiger charge is 2.18. The van der Waals surface area contributed by atoms with Crippen LogP contribution in [0, 0.1) is 11.8 Å². The molecule has 3 nitrogen and oxygen atoms in total. The van der Waals surface area contributed by atoms with Gasteiger partial charge in [0.2, 0.25) is 0 Å². The van der Waals surface area contributed by atoms with Crippen molar-refractivity contribution in [2.45, 2.75) is 52.5 Å². The SMILES string of the molecule is CCc1nn(C)c(CNCC2CCC(C)CC2)c1Br. The lowest BCUT2D eigenvalue weighted by atomic mass is 9.83. The van der Waals surface area contributed by atoms with E-state index in [4.69, 9.17) is 0 Å². The maximum atomic E-state index is 4.53. The quantitative estimate of drug-likeness (QED) is 0.894. The van der Waals surface area contributed by atoms with Crippen LogP contribution >= 0.6 is 15.9 Å². The van der Waals surface area contributed by atoms with Gasteiger partial charge in [-0.3, -0.25) is 4.68 Å². The highest BCUT2D eigenvalue weighted by Crippen LogP contribution is 2.28. The van der Waals surface area contributed by atoms with Gasteiger partial charge >= 0.3 is 0 Å². The lowest BCUT2D eigenvalue weighted by molar-refractivity contribution is 0.281. The molecule has 1 aromatic rings. The summed E-state index contributed by atoms with van der Waals surface area (Å²) in [5.74, 6) is 1.81. The number of hydrogen-bond acceptors (Lipinski definition) is 2. The standard InChI is InChI=1S/C15H26BrN3/c1-4-13-15(16)14(19(3)18-13)10-17-9-12-7-5-11(2)6-8-12/h11-12,17H,4-10H2,1-3H3. The van der Waals surface area contributed by atoms with E-state index in [0.717, 1.165) is 37.0 Å². The molecule has 0 radical (unpaired) electrons. The van der Waals surface area contributed by atoms with Crippen LogP contribution in [-0.2, 0) is 20.0 Å². The van der Waals surface area contributed by atoms with E-state index in [1.807, 2.05) is 11.7 Å². The van der Waals surface area contributed by atoms with Gasteiger partial charge in [-0.1, -0.05) is 26.7 Å². The summed E-state index contributed by atoms with van der Waals surface area (Å²) >= 11 is 3.67. The summed E-state index contributed by atoms with van der Waals surface area (Å²) < 4.78 is 3.18. The van der Waals surface area contributed by atoms with Crippen molar-refractivity contribution in [3.63, 3.8) is 0 Å². The molecule has 1 aliphatic carbocycles. The average Bonchev–Trinajstić information content (AvgIpc) is 2.68. The molecule has 1 saturated carbocycles. The molecular formula is C15H26BrN3. The van der Waals surface area contributed by atoms with Gasteiger partial charge in [0.1, 0.15) is 0 Å². The van der Waals surface area contributed by atoms with Gasteiger partial charge in [0.05, 0.1) is 15.9 Å². The topological polar surface area (TPSA) is 29.9 Å². The third-order valence-corrected chi connectivity index (χ3v) is 5.28. The van der Waals surface area contributed by atoms with Gasteiger partial charge in [0, 0.05) is 13.6 Å². The number of rotatable bonds is 5. The Balaban J connectivity index is 1.81. The first-order valence-electron chi connectivity index (χ1n) is 7.52. The molecule has 4 heteroatoms. The zero-order valence-corrected chi connectivity index (χ0v) is 14.0. The molecule has 1 aliphatic rings. The van der Waals surface area contributed by atoms with E-state index in [9.17, 15) is 0 Å².